The van der Waals surface area contributed by atoms with Crippen molar-refractivity contribution in [2.45, 2.75) is 70.9 Å². The molecule has 0 radical (unpaired) electrons. The number of nitrogens with zero attached hydrogens (tertiary/aromatic N) is 2. The van der Waals surface area contributed by atoms with Crippen molar-refractivity contribution in [3.63, 3.8) is 0 Å². The highest BCUT2D eigenvalue weighted by Crippen LogP contribution is 2.42. The summed E-state index contributed by atoms with van der Waals surface area (Å²) in [4.78, 5) is 39.7. The zero-order valence-corrected chi connectivity index (χ0v) is 16.2. The van der Waals surface area contributed by atoms with Crippen LogP contribution in [0, 0.1) is 5.41 Å². The van der Waals surface area contributed by atoms with Crippen molar-refractivity contribution in [2.75, 3.05) is 26.2 Å². The summed E-state index contributed by atoms with van der Waals surface area (Å²) in [7, 11) is 0. The molecule has 0 aliphatic carbocycles. The first-order valence-corrected chi connectivity index (χ1v) is 9.73. The van der Waals surface area contributed by atoms with Gasteiger partial charge in [-0.25, -0.2) is 4.79 Å². The third kappa shape index (κ3) is 4.37. The Kier molecular flexibility index (Phi) is 5.28. The lowest BCUT2D eigenvalue weighted by molar-refractivity contribution is -0.138. The number of carbonyl (C=O) groups is 3. The van der Waals surface area contributed by atoms with Crippen molar-refractivity contribution in [1.29, 1.82) is 0 Å². The van der Waals surface area contributed by atoms with Crippen molar-refractivity contribution in [1.82, 2.24) is 15.1 Å². The van der Waals surface area contributed by atoms with Crippen LogP contribution in [0.15, 0.2) is 0 Å². The highest BCUT2D eigenvalue weighted by atomic mass is 16.6. The Bertz CT molecular complexity index is 566. The summed E-state index contributed by atoms with van der Waals surface area (Å²) >= 11 is 0. The van der Waals surface area contributed by atoms with Crippen molar-refractivity contribution < 1.29 is 19.1 Å². The van der Waals surface area contributed by atoms with Gasteiger partial charge in [-0.15, -0.1) is 0 Å². The normalized spacial score (nSPS) is 27.3. The number of likely N-dealkylation sites (tertiary alicyclic amines) is 2. The summed E-state index contributed by atoms with van der Waals surface area (Å²) in [5, 5.41) is 2.46. The fraction of sp³-hybridized carbons (Fsp3) is 0.842. The number of nitrogens with one attached hydrogen (secondary N) is 1. The van der Waals surface area contributed by atoms with Crippen LogP contribution in [0.1, 0.15) is 59.3 Å². The Balaban J connectivity index is 1.49. The highest BCUT2D eigenvalue weighted by molar-refractivity contribution is 6.00. The van der Waals surface area contributed by atoms with Crippen LogP contribution >= 0.6 is 0 Å². The summed E-state index contributed by atoms with van der Waals surface area (Å²) in [5.41, 5.74) is -0.185. The maximum atomic E-state index is 12.2. The van der Waals surface area contributed by atoms with E-state index in [9.17, 15) is 14.4 Å². The lowest BCUT2D eigenvalue weighted by Gasteiger charge is -2.48. The van der Waals surface area contributed by atoms with E-state index in [1.807, 2.05) is 25.7 Å². The second kappa shape index (κ2) is 7.18. The van der Waals surface area contributed by atoms with Gasteiger partial charge in [-0.1, -0.05) is 0 Å². The molecule has 7 heteroatoms. The van der Waals surface area contributed by atoms with Gasteiger partial charge in [0, 0.05) is 19.5 Å². The average Bonchev–Trinajstić information content (AvgIpc) is 2.55. The minimum absolute atomic E-state index is 0.142. The largest absolute Gasteiger partial charge is 0.444 e. The average molecular weight is 365 g/mol. The molecule has 0 aromatic carbocycles. The molecular weight excluding hydrogens is 334 g/mol. The second-order valence-corrected chi connectivity index (χ2v) is 8.97. The molecule has 1 spiro atoms. The Labute approximate surface area is 155 Å². The summed E-state index contributed by atoms with van der Waals surface area (Å²) in [6, 6.07) is -0.160. The van der Waals surface area contributed by atoms with E-state index in [0.29, 0.717) is 12.8 Å². The van der Waals surface area contributed by atoms with Crippen LogP contribution in [0.3, 0.4) is 0 Å². The molecule has 3 fully saturated rings. The standard InChI is InChI=1S/C19H31N3O4/c1-18(2,3)26-17(25)22-12-8-19(9-13-22)6-10-21(11-7-19)14-4-5-15(23)20-16(14)24/h14H,4-13H2,1-3H3,(H,20,23,24). The molecule has 146 valence electrons. The molecule has 0 bridgehead atoms. The van der Waals surface area contributed by atoms with Gasteiger partial charge in [-0.2, -0.15) is 0 Å². The van der Waals surface area contributed by atoms with E-state index in [0.717, 1.165) is 51.9 Å². The lowest BCUT2D eigenvalue weighted by Crippen LogP contribution is -2.56. The van der Waals surface area contributed by atoms with E-state index in [2.05, 4.69) is 10.2 Å². The van der Waals surface area contributed by atoms with Crippen LogP contribution in [0.2, 0.25) is 0 Å². The van der Waals surface area contributed by atoms with Gasteiger partial charge in [0.15, 0.2) is 0 Å². The van der Waals surface area contributed by atoms with Gasteiger partial charge < -0.3 is 9.64 Å². The van der Waals surface area contributed by atoms with Crippen LogP contribution < -0.4 is 5.32 Å². The molecule has 26 heavy (non-hydrogen) atoms. The fourth-order valence-corrected chi connectivity index (χ4v) is 4.33. The molecule has 1 atom stereocenters. The Morgan fingerprint density at radius 1 is 1.08 bits per heavy atom. The second-order valence-electron chi connectivity index (χ2n) is 8.97. The number of hydrogen-bond acceptors (Lipinski definition) is 5. The number of carbonyl (C=O) groups excluding carboxylic acids is 3. The first-order valence-electron chi connectivity index (χ1n) is 9.73. The minimum atomic E-state index is -0.459. The number of hydrogen-bond donors (Lipinski definition) is 1. The van der Waals surface area contributed by atoms with Gasteiger partial charge in [0.2, 0.25) is 11.8 Å². The summed E-state index contributed by atoms with van der Waals surface area (Å²) in [5.74, 6) is -0.300. The maximum absolute atomic E-state index is 12.2. The minimum Gasteiger partial charge on any atom is -0.444 e. The van der Waals surface area contributed by atoms with Crippen molar-refractivity contribution in [3.8, 4) is 0 Å². The fourth-order valence-electron chi connectivity index (χ4n) is 4.33. The third-order valence-corrected chi connectivity index (χ3v) is 5.99. The van der Waals surface area contributed by atoms with Gasteiger partial charge >= 0.3 is 6.09 Å². The Morgan fingerprint density at radius 2 is 1.65 bits per heavy atom. The van der Waals surface area contributed by atoms with Gasteiger partial charge in [-0.05, 0) is 71.4 Å². The molecule has 3 amide bonds. The van der Waals surface area contributed by atoms with Gasteiger partial charge in [0.1, 0.15) is 5.60 Å². The zero-order chi connectivity index (χ0) is 18.9. The first-order chi connectivity index (χ1) is 12.2. The summed E-state index contributed by atoms with van der Waals surface area (Å²) in [6.45, 7) is 8.93. The Hall–Kier alpha value is -1.63. The predicted molar refractivity (Wildman–Crippen MR) is 96.5 cm³/mol. The van der Waals surface area contributed by atoms with E-state index in [4.69, 9.17) is 4.74 Å². The number of imide groups is 1. The van der Waals surface area contributed by atoms with Crippen LogP contribution in [0.4, 0.5) is 4.79 Å². The van der Waals surface area contributed by atoms with Crippen molar-refractivity contribution in [2.24, 2.45) is 5.41 Å². The Morgan fingerprint density at radius 3 is 2.19 bits per heavy atom. The van der Waals surface area contributed by atoms with Gasteiger partial charge in [0.25, 0.3) is 0 Å². The monoisotopic (exact) mass is 365 g/mol. The SMILES string of the molecule is CC(C)(C)OC(=O)N1CCC2(CC1)CCN(C1CCC(=O)NC1=O)CC2. The smallest absolute Gasteiger partial charge is 0.410 e. The highest BCUT2D eigenvalue weighted by Gasteiger charge is 2.42. The van der Waals surface area contributed by atoms with Crippen molar-refractivity contribution in [3.05, 3.63) is 0 Å². The third-order valence-electron chi connectivity index (χ3n) is 5.99. The molecule has 3 heterocycles. The molecule has 7 nitrogen and oxygen atoms in total. The van der Waals surface area contributed by atoms with Crippen molar-refractivity contribution >= 4 is 17.9 Å². The molecule has 3 saturated heterocycles. The van der Waals surface area contributed by atoms with Gasteiger partial charge in [-0.3, -0.25) is 19.8 Å². The molecular formula is C19H31N3O4. The molecule has 1 unspecified atom stereocenters. The quantitative estimate of drug-likeness (QED) is 0.718. The number of ether oxygens (including phenoxy) is 1. The van der Waals surface area contributed by atoms with E-state index in [1.54, 1.807) is 0 Å². The molecule has 3 aliphatic rings. The zero-order valence-electron chi connectivity index (χ0n) is 16.2. The number of rotatable bonds is 1. The summed E-state index contributed by atoms with van der Waals surface area (Å²) < 4.78 is 5.48. The summed E-state index contributed by atoms with van der Waals surface area (Å²) in [6.07, 6.45) is 4.94. The maximum Gasteiger partial charge on any atom is 0.410 e. The molecule has 0 saturated carbocycles. The van der Waals surface area contributed by atoms with Gasteiger partial charge in [0.05, 0.1) is 6.04 Å². The number of piperidine rings is 3. The van der Waals surface area contributed by atoms with Crippen LogP contribution in [-0.4, -0.2) is 65.5 Å². The molecule has 0 aromatic heterocycles. The van der Waals surface area contributed by atoms with E-state index < -0.39 is 5.60 Å². The first kappa shape index (κ1) is 19.1. The molecule has 3 aliphatic heterocycles. The van der Waals surface area contributed by atoms with E-state index in [1.165, 1.54) is 0 Å². The van der Waals surface area contributed by atoms with E-state index in [-0.39, 0.29) is 29.4 Å². The van der Waals surface area contributed by atoms with Crippen LogP contribution in [-0.2, 0) is 14.3 Å². The predicted octanol–water partition coefficient (Wildman–Crippen LogP) is 1.90. The molecule has 3 rings (SSSR count). The van der Waals surface area contributed by atoms with E-state index >= 15 is 0 Å². The lowest BCUT2D eigenvalue weighted by atomic mass is 9.71. The molecule has 0 aromatic rings. The molecule has 1 N–H and O–H groups in total. The topological polar surface area (TPSA) is 79.0 Å². The van der Waals surface area contributed by atoms with Crippen LogP contribution in [0.5, 0.6) is 0 Å². The van der Waals surface area contributed by atoms with Crippen LogP contribution in [0.25, 0.3) is 0 Å². The number of amides is 3.